The number of benzene rings is 3. The lowest BCUT2D eigenvalue weighted by Gasteiger charge is -2.23. The molecule has 3 nitrogen and oxygen atoms in total. The number of quaternary nitrogens is 1. The second-order valence-corrected chi connectivity index (χ2v) is 8.56. The van der Waals surface area contributed by atoms with Gasteiger partial charge < -0.3 is 10.2 Å². The third kappa shape index (κ3) is 3.58. The smallest absolute Gasteiger partial charge is 0.220 e. The van der Waals surface area contributed by atoms with Gasteiger partial charge in [-0.15, -0.1) is 0 Å². The number of hydrogen-bond acceptors (Lipinski definition) is 1. The monoisotopic (exact) mass is 371 g/mol. The first kappa shape index (κ1) is 18.5. The molecule has 4 aromatic rings. The molecule has 3 aromatic carbocycles. The Labute approximate surface area is 167 Å². The summed E-state index contributed by atoms with van der Waals surface area (Å²) in [6.45, 7) is 2.11. The number of aromatic nitrogens is 1. The van der Waals surface area contributed by atoms with Crippen molar-refractivity contribution in [2.24, 2.45) is 0 Å². The number of anilines is 1. The van der Waals surface area contributed by atoms with Crippen molar-refractivity contribution in [3.63, 3.8) is 0 Å². The van der Waals surface area contributed by atoms with Gasteiger partial charge in [-0.05, 0) is 30.3 Å². The minimum absolute atomic E-state index is 0.804. The van der Waals surface area contributed by atoms with Crippen molar-refractivity contribution in [1.82, 2.24) is 0 Å². The lowest BCUT2D eigenvalue weighted by molar-refractivity contribution is -0.872. The first-order chi connectivity index (χ1) is 13.4. The Morgan fingerprint density at radius 3 is 2.25 bits per heavy atom. The third-order valence-electron chi connectivity index (χ3n) is 5.31. The minimum Gasteiger partial charge on any atom is -0.399 e. The molecule has 0 radical (unpaired) electrons. The van der Waals surface area contributed by atoms with Crippen molar-refractivity contribution in [2.45, 2.75) is 13.0 Å². The molecule has 0 atom stereocenters. The number of fused-ring (bicyclic) bond motifs is 3. The highest BCUT2D eigenvalue weighted by molar-refractivity contribution is 6.09. The third-order valence-corrected chi connectivity index (χ3v) is 5.31. The molecule has 0 spiro atoms. The molecule has 28 heavy (non-hydrogen) atoms. The van der Waals surface area contributed by atoms with Crippen molar-refractivity contribution < 1.29 is 9.05 Å². The largest absolute Gasteiger partial charge is 0.399 e. The topological polar surface area (TPSA) is 29.9 Å². The van der Waals surface area contributed by atoms with E-state index in [9.17, 15) is 0 Å². The number of para-hydroxylation sites is 1. The fourth-order valence-electron chi connectivity index (χ4n) is 4.04. The molecule has 0 saturated carbocycles. The summed E-state index contributed by atoms with van der Waals surface area (Å²) in [5.41, 5.74) is 10.8. The van der Waals surface area contributed by atoms with E-state index in [0.717, 1.165) is 29.7 Å². The van der Waals surface area contributed by atoms with Gasteiger partial charge >= 0.3 is 0 Å². The van der Waals surface area contributed by atoms with E-state index < -0.39 is 0 Å². The van der Waals surface area contributed by atoms with Crippen LogP contribution in [-0.2, 0) is 6.54 Å². The van der Waals surface area contributed by atoms with Crippen molar-refractivity contribution in [2.75, 3.05) is 33.4 Å². The zero-order valence-electron chi connectivity index (χ0n) is 17.0. The number of hydrogen-bond donors (Lipinski definition) is 1. The Hall–Kier alpha value is -2.91. The predicted octanol–water partition coefficient (Wildman–Crippen LogP) is 4.63. The maximum atomic E-state index is 6.21. The maximum absolute atomic E-state index is 6.21. The van der Waals surface area contributed by atoms with Crippen LogP contribution in [0.5, 0.6) is 0 Å². The standard InChI is InChI=1S/C25H29N3/c1-28(2,3)17-9-16-27-24-13-8-7-12-22(24)21-15-14-20(26)18-23(21)25(27)19-10-5-4-6-11-19/h4-8,10-15,18H,9,16-17,26H2,1-3H3/q+2. The normalized spacial score (nSPS) is 12.0. The molecule has 0 saturated heterocycles. The Morgan fingerprint density at radius 2 is 1.50 bits per heavy atom. The van der Waals surface area contributed by atoms with Crippen molar-refractivity contribution in [3.05, 3.63) is 72.8 Å². The number of nitrogens with zero attached hydrogens (tertiary/aromatic N) is 2. The summed E-state index contributed by atoms with van der Waals surface area (Å²) in [4.78, 5) is 0. The van der Waals surface area contributed by atoms with Crippen LogP contribution in [0.4, 0.5) is 5.69 Å². The van der Waals surface area contributed by atoms with Crippen LogP contribution < -0.4 is 10.3 Å². The number of nitrogens with two attached hydrogens (primary N) is 1. The number of nitrogen functional groups attached to an aromatic ring is 1. The lowest BCUT2D eigenvalue weighted by Crippen LogP contribution is -2.42. The average molecular weight is 372 g/mol. The minimum atomic E-state index is 0.804. The molecular formula is C25H29N3+2. The van der Waals surface area contributed by atoms with Gasteiger partial charge in [0.25, 0.3) is 0 Å². The summed E-state index contributed by atoms with van der Waals surface area (Å²) in [7, 11) is 6.76. The second kappa shape index (κ2) is 7.25. The van der Waals surface area contributed by atoms with E-state index in [1.165, 1.54) is 32.9 Å². The first-order valence-corrected chi connectivity index (χ1v) is 9.94. The Morgan fingerprint density at radius 1 is 0.786 bits per heavy atom. The van der Waals surface area contributed by atoms with Gasteiger partial charge in [0.05, 0.1) is 44.9 Å². The zero-order chi connectivity index (χ0) is 19.7. The van der Waals surface area contributed by atoms with E-state index in [-0.39, 0.29) is 0 Å². The molecule has 1 heterocycles. The summed E-state index contributed by atoms with van der Waals surface area (Å²) < 4.78 is 3.46. The van der Waals surface area contributed by atoms with E-state index in [4.69, 9.17) is 5.73 Å². The van der Waals surface area contributed by atoms with Crippen LogP contribution in [-0.4, -0.2) is 32.2 Å². The molecule has 4 rings (SSSR count). The molecule has 0 amide bonds. The van der Waals surface area contributed by atoms with Crippen LogP contribution >= 0.6 is 0 Å². The van der Waals surface area contributed by atoms with E-state index >= 15 is 0 Å². The van der Waals surface area contributed by atoms with Gasteiger partial charge in [0.2, 0.25) is 11.2 Å². The highest BCUT2D eigenvalue weighted by Gasteiger charge is 2.23. The number of pyridine rings is 1. The van der Waals surface area contributed by atoms with E-state index in [2.05, 4.69) is 92.4 Å². The van der Waals surface area contributed by atoms with Gasteiger partial charge in [-0.2, -0.15) is 4.57 Å². The Kier molecular flexibility index (Phi) is 4.78. The van der Waals surface area contributed by atoms with Gasteiger partial charge in [0.1, 0.15) is 0 Å². The zero-order valence-corrected chi connectivity index (χ0v) is 17.0. The van der Waals surface area contributed by atoms with Crippen LogP contribution in [0.15, 0.2) is 72.8 Å². The molecule has 142 valence electrons. The SMILES string of the molecule is C[N+](C)(C)CCC[n+]1c(-c2ccccc2)c2cc(N)ccc2c2ccccc21. The number of rotatable bonds is 5. The average Bonchev–Trinajstić information content (AvgIpc) is 2.67. The van der Waals surface area contributed by atoms with Crippen molar-refractivity contribution in [3.8, 4) is 11.3 Å². The van der Waals surface area contributed by atoms with Gasteiger partial charge in [-0.25, -0.2) is 0 Å². The Balaban J connectivity index is 2.02. The molecule has 0 bridgehead atoms. The van der Waals surface area contributed by atoms with E-state index in [1.807, 2.05) is 6.07 Å². The van der Waals surface area contributed by atoms with Gasteiger partial charge in [0.15, 0.2) is 6.54 Å². The van der Waals surface area contributed by atoms with Crippen LogP contribution in [0.25, 0.3) is 32.9 Å². The summed E-state index contributed by atoms with van der Waals surface area (Å²) in [6, 6.07) is 25.7. The molecule has 2 N–H and O–H groups in total. The summed E-state index contributed by atoms with van der Waals surface area (Å²) in [6.07, 6.45) is 1.12. The second-order valence-electron chi connectivity index (χ2n) is 8.56. The van der Waals surface area contributed by atoms with Gasteiger partial charge in [-0.1, -0.05) is 36.4 Å². The van der Waals surface area contributed by atoms with E-state index in [1.54, 1.807) is 0 Å². The Bertz CT molecular complexity index is 1130. The highest BCUT2D eigenvalue weighted by Crippen LogP contribution is 2.32. The molecule has 0 aliphatic carbocycles. The van der Waals surface area contributed by atoms with Crippen LogP contribution in [0, 0.1) is 0 Å². The summed E-state index contributed by atoms with van der Waals surface area (Å²) in [5.74, 6) is 0. The van der Waals surface area contributed by atoms with Crippen molar-refractivity contribution in [1.29, 1.82) is 0 Å². The molecule has 0 unspecified atom stereocenters. The molecular weight excluding hydrogens is 342 g/mol. The molecule has 3 heteroatoms. The number of aryl methyl sites for hydroxylation is 1. The predicted molar refractivity (Wildman–Crippen MR) is 119 cm³/mol. The fraction of sp³-hybridized carbons (Fsp3) is 0.240. The van der Waals surface area contributed by atoms with Gasteiger partial charge in [-0.3, -0.25) is 0 Å². The molecule has 1 aromatic heterocycles. The quantitative estimate of drug-likeness (QED) is 0.236. The van der Waals surface area contributed by atoms with Crippen LogP contribution in [0.1, 0.15) is 6.42 Å². The summed E-state index contributed by atoms with van der Waals surface area (Å²) in [5, 5.41) is 3.75. The van der Waals surface area contributed by atoms with E-state index in [0.29, 0.717) is 0 Å². The van der Waals surface area contributed by atoms with Crippen molar-refractivity contribution >= 4 is 27.4 Å². The molecule has 0 fully saturated rings. The highest BCUT2D eigenvalue weighted by atomic mass is 15.3. The van der Waals surface area contributed by atoms with Crippen LogP contribution in [0.3, 0.4) is 0 Å². The lowest BCUT2D eigenvalue weighted by atomic mass is 9.98. The summed E-state index contributed by atoms with van der Waals surface area (Å²) >= 11 is 0. The maximum Gasteiger partial charge on any atom is 0.220 e. The first-order valence-electron chi connectivity index (χ1n) is 9.94. The molecule has 0 aliphatic rings. The van der Waals surface area contributed by atoms with Crippen LogP contribution in [0.2, 0.25) is 0 Å². The van der Waals surface area contributed by atoms with Gasteiger partial charge in [0, 0.05) is 22.7 Å². The molecule has 0 aliphatic heterocycles. The fourth-order valence-corrected chi connectivity index (χ4v) is 4.04.